The van der Waals surface area contributed by atoms with E-state index in [9.17, 15) is 13.2 Å². The third-order valence-electron chi connectivity index (χ3n) is 3.40. The highest BCUT2D eigenvalue weighted by atomic mass is 19.4. The normalized spacial score (nSPS) is 14.7. The van der Waals surface area contributed by atoms with Crippen molar-refractivity contribution in [3.8, 4) is 0 Å². The Labute approximate surface area is 122 Å². The van der Waals surface area contributed by atoms with Crippen molar-refractivity contribution in [3.63, 3.8) is 0 Å². The molecule has 0 aliphatic rings. The number of hydrogen-bond acceptors (Lipinski definition) is 2. The van der Waals surface area contributed by atoms with Gasteiger partial charge in [-0.05, 0) is 43.2 Å². The first-order valence-corrected chi connectivity index (χ1v) is 6.71. The predicted molar refractivity (Wildman–Crippen MR) is 75.6 cm³/mol. The molecule has 1 aromatic carbocycles. The van der Waals surface area contributed by atoms with Gasteiger partial charge < -0.3 is 5.32 Å². The Bertz CT molecular complexity index is 582. The van der Waals surface area contributed by atoms with Crippen LogP contribution in [0.3, 0.4) is 0 Å². The minimum absolute atomic E-state index is 0.00300. The number of benzene rings is 1. The number of nitrogens with one attached hydrogen (secondary N) is 1. The van der Waals surface area contributed by atoms with Gasteiger partial charge in [0, 0.05) is 24.5 Å². The lowest BCUT2D eigenvalue weighted by Gasteiger charge is -2.21. The highest BCUT2D eigenvalue weighted by Gasteiger charge is 2.30. The van der Waals surface area contributed by atoms with Crippen molar-refractivity contribution in [2.24, 2.45) is 0 Å². The Morgan fingerprint density at radius 3 is 2.29 bits per heavy atom. The topological polar surface area (TPSA) is 24.9 Å². The van der Waals surface area contributed by atoms with Gasteiger partial charge in [0.05, 0.1) is 5.56 Å². The maximum atomic E-state index is 12.7. The largest absolute Gasteiger partial charge is 0.416 e. The van der Waals surface area contributed by atoms with Gasteiger partial charge in [-0.3, -0.25) is 4.98 Å². The molecule has 5 heteroatoms. The molecule has 112 valence electrons. The summed E-state index contributed by atoms with van der Waals surface area (Å²) in [4.78, 5) is 4.04. The molecule has 1 aromatic heterocycles. The van der Waals surface area contributed by atoms with Gasteiger partial charge in [0.1, 0.15) is 0 Å². The summed E-state index contributed by atoms with van der Waals surface area (Å²) in [6.07, 6.45) is -0.881. The second-order valence-electron chi connectivity index (χ2n) is 5.02. The third kappa shape index (κ3) is 4.04. The van der Waals surface area contributed by atoms with Gasteiger partial charge in [-0.15, -0.1) is 0 Å². The van der Waals surface area contributed by atoms with E-state index in [1.807, 2.05) is 26.0 Å². The minimum Gasteiger partial charge on any atom is -0.304 e. The summed E-state index contributed by atoms with van der Waals surface area (Å²) in [6.45, 7) is 3.81. The molecular weight excluding hydrogens is 277 g/mol. The van der Waals surface area contributed by atoms with Crippen LogP contribution in [0.5, 0.6) is 0 Å². The summed E-state index contributed by atoms with van der Waals surface area (Å²) < 4.78 is 38.2. The lowest BCUT2D eigenvalue weighted by Crippen LogP contribution is -2.23. The molecule has 0 radical (unpaired) electrons. The van der Waals surface area contributed by atoms with Crippen LogP contribution in [0.25, 0.3) is 0 Å². The second-order valence-corrected chi connectivity index (χ2v) is 5.02. The van der Waals surface area contributed by atoms with E-state index in [2.05, 4.69) is 10.3 Å². The van der Waals surface area contributed by atoms with Crippen LogP contribution in [0.15, 0.2) is 48.8 Å². The van der Waals surface area contributed by atoms with Gasteiger partial charge in [0.15, 0.2) is 0 Å². The average molecular weight is 294 g/mol. The van der Waals surface area contributed by atoms with Crippen LogP contribution >= 0.6 is 0 Å². The van der Waals surface area contributed by atoms with E-state index < -0.39 is 11.7 Å². The monoisotopic (exact) mass is 294 g/mol. The van der Waals surface area contributed by atoms with E-state index in [0.717, 1.165) is 11.6 Å². The molecule has 2 rings (SSSR count). The first-order valence-electron chi connectivity index (χ1n) is 6.71. The highest BCUT2D eigenvalue weighted by Crippen LogP contribution is 2.31. The molecule has 0 saturated heterocycles. The summed E-state index contributed by atoms with van der Waals surface area (Å²) in [7, 11) is 0. The fraction of sp³-hybridized carbons (Fsp3) is 0.312. The number of halogens is 3. The summed E-state index contributed by atoms with van der Waals surface area (Å²) in [5.41, 5.74) is 0.986. The van der Waals surface area contributed by atoms with E-state index in [4.69, 9.17) is 0 Å². The zero-order valence-electron chi connectivity index (χ0n) is 11.9. The zero-order valence-corrected chi connectivity index (χ0v) is 11.9. The minimum atomic E-state index is -4.31. The van der Waals surface area contributed by atoms with Crippen molar-refractivity contribution >= 4 is 0 Å². The fourth-order valence-electron chi connectivity index (χ4n) is 2.18. The SMILES string of the molecule is CC(N[C@@H](C)c1cccnc1)c1cccc(C(F)(F)F)c1. The Hall–Kier alpha value is -1.88. The van der Waals surface area contributed by atoms with Crippen molar-refractivity contribution in [2.45, 2.75) is 32.1 Å². The zero-order chi connectivity index (χ0) is 15.5. The van der Waals surface area contributed by atoms with Crippen molar-refractivity contribution in [1.29, 1.82) is 0 Å². The summed E-state index contributed by atoms with van der Waals surface area (Å²) in [5, 5.41) is 3.28. The van der Waals surface area contributed by atoms with Crippen molar-refractivity contribution in [2.75, 3.05) is 0 Å². The van der Waals surface area contributed by atoms with Gasteiger partial charge in [0.25, 0.3) is 0 Å². The molecule has 0 aliphatic carbocycles. The van der Waals surface area contributed by atoms with Gasteiger partial charge in [-0.25, -0.2) is 0 Å². The van der Waals surface area contributed by atoms with Crippen LogP contribution in [0.2, 0.25) is 0 Å². The number of nitrogens with zero attached hydrogens (tertiary/aromatic N) is 1. The molecule has 0 amide bonds. The number of rotatable bonds is 4. The molecular formula is C16H17F3N2. The van der Waals surface area contributed by atoms with Crippen LogP contribution in [-0.2, 0) is 6.18 Å². The fourth-order valence-corrected chi connectivity index (χ4v) is 2.18. The number of pyridine rings is 1. The predicted octanol–water partition coefficient (Wildman–Crippen LogP) is 4.51. The molecule has 0 aliphatic heterocycles. The van der Waals surface area contributed by atoms with Crippen molar-refractivity contribution < 1.29 is 13.2 Å². The van der Waals surface area contributed by atoms with Gasteiger partial charge in [0.2, 0.25) is 0 Å². The Morgan fingerprint density at radius 1 is 1.00 bits per heavy atom. The third-order valence-corrected chi connectivity index (χ3v) is 3.40. The lowest BCUT2D eigenvalue weighted by atomic mass is 10.0. The van der Waals surface area contributed by atoms with Gasteiger partial charge in [-0.2, -0.15) is 13.2 Å². The average Bonchev–Trinajstić information content (AvgIpc) is 2.47. The number of aromatic nitrogens is 1. The van der Waals surface area contributed by atoms with Crippen LogP contribution < -0.4 is 5.32 Å². The molecule has 1 unspecified atom stereocenters. The Morgan fingerprint density at radius 2 is 1.67 bits per heavy atom. The molecule has 2 aromatic rings. The maximum absolute atomic E-state index is 12.7. The van der Waals surface area contributed by atoms with Crippen LogP contribution in [0.4, 0.5) is 13.2 Å². The van der Waals surface area contributed by atoms with E-state index in [-0.39, 0.29) is 12.1 Å². The first-order chi connectivity index (χ1) is 9.88. The van der Waals surface area contributed by atoms with Crippen LogP contribution in [0.1, 0.15) is 42.6 Å². The molecule has 0 fully saturated rings. The molecule has 1 N–H and O–H groups in total. The maximum Gasteiger partial charge on any atom is 0.416 e. The quantitative estimate of drug-likeness (QED) is 0.897. The van der Waals surface area contributed by atoms with Gasteiger partial charge >= 0.3 is 6.18 Å². The molecule has 0 spiro atoms. The van der Waals surface area contributed by atoms with Crippen LogP contribution in [0, 0.1) is 0 Å². The Balaban J connectivity index is 2.12. The Kier molecular flexibility index (Phi) is 4.63. The standard InChI is InChI=1S/C16H17F3N2/c1-11(21-12(2)14-6-4-8-20-10-14)13-5-3-7-15(9-13)16(17,18)19/h3-12,21H,1-2H3/t11?,12-/m0/s1. The molecule has 2 atom stereocenters. The molecule has 0 saturated carbocycles. The molecule has 2 nitrogen and oxygen atoms in total. The lowest BCUT2D eigenvalue weighted by molar-refractivity contribution is -0.137. The van der Waals surface area contributed by atoms with Crippen molar-refractivity contribution in [1.82, 2.24) is 10.3 Å². The molecule has 1 heterocycles. The first kappa shape index (κ1) is 15.5. The van der Waals surface area contributed by atoms with E-state index >= 15 is 0 Å². The second kappa shape index (κ2) is 6.26. The highest BCUT2D eigenvalue weighted by molar-refractivity contribution is 5.28. The van der Waals surface area contributed by atoms with Crippen LogP contribution in [-0.4, -0.2) is 4.98 Å². The van der Waals surface area contributed by atoms with Gasteiger partial charge in [-0.1, -0.05) is 18.2 Å². The number of alkyl halides is 3. The molecule has 21 heavy (non-hydrogen) atoms. The molecule has 0 bridgehead atoms. The van der Waals surface area contributed by atoms with E-state index in [0.29, 0.717) is 5.56 Å². The smallest absolute Gasteiger partial charge is 0.304 e. The summed E-state index contributed by atoms with van der Waals surface area (Å²) in [6, 6.07) is 8.99. The summed E-state index contributed by atoms with van der Waals surface area (Å²) in [5.74, 6) is 0. The van der Waals surface area contributed by atoms with Crippen molar-refractivity contribution in [3.05, 3.63) is 65.5 Å². The van der Waals surface area contributed by atoms with E-state index in [1.54, 1.807) is 18.5 Å². The van der Waals surface area contributed by atoms with E-state index in [1.165, 1.54) is 12.1 Å². The summed E-state index contributed by atoms with van der Waals surface area (Å²) >= 11 is 0. The number of hydrogen-bond donors (Lipinski definition) is 1.